The molecule has 1 saturated heterocycles. The van der Waals surface area contributed by atoms with E-state index in [4.69, 9.17) is 14.2 Å². The number of methoxy groups -OCH3 is 1. The van der Waals surface area contributed by atoms with Gasteiger partial charge in [-0.2, -0.15) is 0 Å². The minimum Gasteiger partial charge on any atom is -0.496 e. The van der Waals surface area contributed by atoms with E-state index in [-0.39, 0.29) is 0 Å². The van der Waals surface area contributed by atoms with Crippen molar-refractivity contribution in [3.8, 4) is 17.4 Å². The first-order valence-electron chi connectivity index (χ1n) is 10.3. The van der Waals surface area contributed by atoms with E-state index in [1.54, 1.807) is 25.7 Å². The molecule has 0 radical (unpaired) electrons. The van der Waals surface area contributed by atoms with Crippen molar-refractivity contribution in [2.45, 2.75) is 32.1 Å². The topological polar surface area (TPSA) is 56.7 Å². The monoisotopic (exact) mass is 405 g/mol. The van der Waals surface area contributed by atoms with Crippen molar-refractivity contribution >= 4 is 0 Å². The lowest BCUT2D eigenvalue weighted by Crippen LogP contribution is -2.36. The third-order valence-corrected chi connectivity index (χ3v) is 5.29. The molecule has 3 aromatic rings. The van der Waals surface area contributed by atoms with Crippen LogP contribution in [0.2, 0.25) is 0 Å². The van der Waals surface area contributed by atoms with Crippen molar-refractivity contribution in [1.29, 1.82) is 0 Å². The van der Waals surface area contributed by atoms with Gasteiger partial charge in [0, 0.05) is 37.6 Å². The normalized spacial score (nSPS) is 15.1. The lowest BCUT2D eigenvalue weighted by atomic mass is 10.1. The van der Waals surface area contributed by atoms with Gasteiger partial charge >= 0.3 is 0 Å². The number of para-hydroxylation sites is 1. The molecular weight excluding hydrogens is 378 g/mol. The second-order valence-corrected chi connectivity index (χ2v) is 7.39. The van der Waals surface area contributed by atoms with Gasteiger partial charge in [0.25, 0.3) is 0 Å². The fraction of sp³-hybridized carbons (Fsp3) is 0.333. The fourth-order valence-electron chi connectivity index (χ4n) is 3.64. The van der Waals surface area contributed by atoms with Crippen LogP contribution in [0.4, 0.5) is 0 Å². The molecule has 1 aliphatic rings. The van der Waals surface area contributed by atoms with Gasteiger partial charge in [0.15, 0.2) is 0 Å². The summed E-state index contributed by atoms with van der Waals surface area (Å²) in [5.41, 5.74) is 2.38. The molecule has 2 heterocycles. The van der Waals surface area contributed by atoms with Gasteiger partial charge in [0.05, 0.1) is 26.0 Å². The molecule has 0 atom stereocenters. The summed E-state index contributed by atoms with van der Waals surface area (Å²) < 4.78 is 17.3. The number of hydrogen-bond acceptors (Lipinski definition) is 6. The molecule has 0 spiro atoms. The van der Waals surface area contributed by atoms with E-state index in [1.807, 2.05) is 30.3 Å². The predicted octanol–water partition coefficient (Wildman–Crippen LogP) is 4.46. The summed E-state index contributed by atoms with van der Waals surface area (Å²) in [7, 11) is 1.70. The number of aromatic nitrogens is 2. The van der Waals surface area contributed by atoms with Crippen molar-refractivity contribution in [3.63, 3.8) is 0 Å². The van der Waals surface area contributed by atoms with Gasteiger partial charge in [-0.25, -0.2) is 4.98 Å². The van der Waals surface area contributed by atoms with E-state index in [9.17, 15) is 0 Å². The Morgan fingerprint density at radius 1 is 1.00 bits per heavy atom. The lowest BCUT2D eigenvalue weighted by Gasteiger charge is -2.32. The Labute approximate surface area is 177 Å². The summed E-state index contributed by atoms with van der Waals surface area (Å²) in [6, 6.07) is 16.2. The van der Waals surface area contributed by atoms with Crippen LogP contribution in [0.5, 0.6) is 17.4 Å². The number of nitrogens with zero attached hydrogens (tertiary/aromatic N) is 3. The molecule has 1 aromatic heterocycles. The summed E-state index contributed by atoms with van der Waals surface area (Å²) in [6.45, 7) is 3.61. The van der Waals surface area contributed by atoms with Gasteiger partial charge < -0.3 is 14.2 Å². The molecule has 2 aromatic carbocycles. The van der Waals surface area contributed by atoms with Crippen LogP contribution in [-0.2, 0) is 17.9 Å². The van der Waals surface area contributed by atoms with Crippen LogP contribution >= 0.6 is 0 Å². The third-order valence-electron chi connectivity index (χ3n) is 5.29. The smallest absolute Gasteiger partial charge is 0.237 e. The highest BCUT2D eigenvalue weighted by Crippen LogP contribution is 2.23. The number of likely N-dealkylation sites (tertiary alicyclic amines) is 1. The van der Waals surface area contributed by atoms with Crippen molar-refractivity contribution in [3.05, 3.63) is 78.2 Å². The maximum absolute atomic E-state index is 6.15. The van der Waals surface area contributed by atoms with Gasteiger partial charge in [-0.05, 0) is 36.6 Å². The van der Waals surface area contributed by atoms with Crippen LogP contribution in [0.25, 0.3) is 0 Å². The van der Waals surface area contributed by atoms with Crippen LogP contribution in [0.3, 0.4) is 0 Å². The molecule has 0 amide bonds. The van der Waals surface area contributed by atoms with E-state index in [0.717, 1.165) is 49.5 Å². The van der Waals surface area contributed by atoms with E-state index >= 15 is 0 Å². The molecule has 156 valence electrons. The standard InChI is InChI=1S/C24H27N3O3/c1-28-23-5-3-2-4-20(23)18-29-21-10-14-27(15-11-21)17-19-6-8-22(9-7-19)30-24-16-25-12-13-26-24/h2-9,12-13,16,21H,10-11,14-15,17-18H2,1H3. The highest BCUT2D eigenvalue weighted by atomic mass is 16.5. The third kappa shape index (κ3) is 5.55. The zero-order valence-corrected chi connectivity index (χ0v) is 17.2. The van der Waals surface area contributed by atoms with Gasteiger partial charge in [-0.3, -0.25) is 9.88 Å². The number of benzene rings is 2. The Hall–Kier alpha value is -2.96. The zero-order valence-electron chi connectivity index (χ0n) is 17.2. The van der Waals surface area contributed by atoms with E-state index in [1.165, 1.54) is 5.56 Å². The number of rotatable bonds is 8. The molecule has 4 rings (SSSR count). The molecule has 0 unspecified atom stereocenters. The second kappa shape index (κ2) is 10.2. The number of hydrogen-bond donors (Lipinski definition) is 0. The van der Waals surface area contributed by atoms with E-state index < -0.39 is 0 Å². The summed E-state index contributed by atoms with van der Waals surface area (Å²) in [5, 5.41) is 0. The van der Waals surface area contributed by atoms with Crippen LogP contribution in [0.15, 0.2) is 67.1 Å². The van der Waals surface area contributed by atoms with Gasteiger partial charge in [0.1, 0.15) is 11.5 Å². The SMILES string of the molecule is COc1ccccc1COC1CCN(Cc2ccc(Oc3cnccn3)cc2)CC1. The molecule has 0 aliphatic carbocycles. The van der Waals surface area contributed by atoms with Crippen molar-refractivity contribution in [2.24, 2.45) is 0 Å². The average Bonchev–Trinajstić information content (AvgIpc) is 2.81. The highest BCUT2D eigenvalue weighted by molar-refractivity contribution is 5.32. The second-order valence-electron chi connectivity index (χ2n) is 7.39. The Balaban J connectivity index is 1.22. The average molecular weight is 405 g/mol. The van der Waals surface area contributed by atoms with E-state index in [0.29, 0.717) is 18.6 Å². The largest absolute Gasteiger partial charge is 0.496 e. The molecule has 0 saturated carbocycles. The maximum Gasteiger partial charge on any atom is 0.237 e. The first-order chi connectivity index (χ1) is 14.8. The minimum absolute atomic E-state index is 0.300. The van der Waals surface area contributed by atoms with E-state index in [2.05, 4.69) is 33.1 Å². The Morgan fingerprint density at radius 2 is 1.80 bits per heavy atom. The zero-order chi connectivity index (χ0) is 20.6. The number of piperidine rings is 1. The Morgan fingerprint density at radius 3 is 2.53 bits per heavy atom. The van der Waals surface area contributed by atoms with Gasteiger partial charge in [-0.1, -0.05) is 30.3 Å². The summed E-state index contributed by atoms with van der Waals surface area (Å²) >= 11 is 0. The first kappa shape index (κ1) is 20.3. The summed E-state index contributed by atoms with van der Waals surface area (Å²) in [4.78, 5) is 10.6. The van der Waals surface area contributed by atoms with Crippen molar-refractivity contribution in [2.75, 3.05) is 20.2 Å². The van der Waals surface area contributed by atoms with Gasteiger partial charge in [-0.15, -0.1) is 0 Å². The fourth-order valence-corrected chi connectivity index (χ4v) is 3.64. The minimum atomic E-state index is 0.300. The molecule has 6 nitrogen and oxygen atoms in total. The molecule has 30 heavy (non-hydrogen) atoms. The first-order valence-corrected chi connectivity index (χ1v) is 10.3. The van der Waals surface area contributed by atoms with Crippen LogP contribution in [0, 0.1) is 0 Å². The Kier molecular flexibility index (Phi) is 6.90. The van der Waals surface area contributed by atoms with Crippen LogP contribution in [0.1, 0.15) is 24.0 Å². The molecule has 1 fully saturated rings. The number of ether oxygens (including phenoxy) is 3. The van der Waals surface area contributed by atoms with Crippen molar-refractivity contribution < 1.29 is 14.2 Å². The molecule has 1 aliphatic heterocycles. The summed E-state index contributed by atoms with van der Waals surface area (Å²) in [5.74, 6) is 2.16. The maximum atomic E-state index is 6.15. The summed E-state index contributed by atoms with van der Waals surface area (Å²) in [6.07, 6.45) is 7.24. The molecule has 0 bridgehead atoms. The Bertz CT molecular complexity index is 910. The molecular formula is C24H27N3O3. The molecule has 0 N–H and O–H groups in total. The van der Waals surface area contributed by atoms with Crippen LogP contribution in [-0.4, -0.2) is 41.2 Å². The molecule has 6 heteroatoms. The van der Waals surface area contributed by atoms with Crippen LogP contribution < -0.4 is 9.47 Å². The lowest BCUT2D eigenvalue weighted by molar-refractivity contribution is -0.00456. The quantitative estimate of drug-likeness (QED) is 0.552. The van der Waals surface area contributed by atoms with Crippen molar-refractivity contribution in [1.82, 2.24) is 14.9 Å². The van der Waals surface area contributed by atoms with Gasteiger partial charge in [0.2, 0.25) is 5.88 Å². The predicted molar refractivity (Wildman–Crippen MR) is 115 cm³/mol. The highest BCUT2D eigenvalue weighted by Gasteiger charge is 2.20.